The number of pyridine rings is 1. The first-order valence-electron chi connectivity index (χ1n) is 4.19. The first kappa shape index (κ1) is 8.91. The van der Waals surface area contributed by atoms with Gasteiger partial charge in [0, 0.05) is 5.69 Å². The zero-order valence-electron chi connectivity index (χ0n) is 7.50. The molecule has 0 saturated heterocycles. The van der Waals surface area contributed by atoms with E-state index in [1.165, 1.54) is 5.56 Å². The maximum Gasteiger partial charge on any atom is 0.168 e. The molecule has 0 atom stereocenters. The number of carbonyl (C=O) groups is 1. The van der Waals surface area contributed by atoms with Crippen molar-refractivity contribution in [3.05, 3.63) is 29.1 Å². The van der Waals surface area contributed by atoms with Gasteiger partial charge in [-0.3, -0.25) is 9.78 Å². The van der Waals surface area contributed by atoms with Crippen molar-refractivity contribution >= 4 is 6.29 Å². The minimum atomic E-state index is 0.521. The summed E-state index contributed by atoms with van der Waals surface area (Å²) in [6.07, 6.45) is 2.93. The number of hydrogen-bond acceptors (Lipinski definition) is 2. The van der Waals surface area contributed by atoms with E-state index in [2.05, 4.69) is 11.9 Å². The lowest BCUT2D eigenvalue weighted by Crippen LogP contribution is -1.95. The highest BCUT2D eigenvalue weighted by molar-refractivity contribution is 5.71. The van der Waals surface area contributed by atoms with Crippen LogP contribution in [0, 0.1) is 6.92 Å². The number of nitrogens with zero attached hydrogens (tertiary/aromatic N) is 1. The quantitative estimate of drug-likeness (QED) is 0.639. The summed E-state index contributed by atoms with van der Waals surface area (Å²) in [5.74, 6) is 0. The van der Waals surface area contributed by atoms with Crippen molar-refractivity contribution < 1.29 is 4.79 Å². The van der Waals surface area contributed by atoms with Crippen molar-refractivity contribution in [2.45, 2.75) is 26.7 Å². The highest BCUT2D eigenvalue weighted by atomic mass is 16.1. The largest absolute Gasteiger partial charge is 0.296 e. The summed E-state index contributed by atoms with van der Waals surface area (Å²) < 4.78 is 0. The van der Waals surface area contributed by atoms with Crippen LogP contribution in [0.3, 0.4) is 0 Å². The Kier molecular flexibility index (Phi) is 2.97. The van der Waals surface area contributed by atoms with Crippen LogP contribution in [0.4, 0.5) is 0 Å². The molecule has 0 aliphatic rings. The fourth-order valence-electron chi connectivity index (χ4n) is 1.21. The molecule has 2 heteroatoms. The molecular weight excluding hydrogens is 150 g/mol. The van der Waals surface area contributed by atoms with Crippen LogP contribution in [-0.4, -0.2) is 11.3 Å². The van der Waals surface area contributed by atoms with E-state index in [-0.39, 0.29) is 0 Å². The second kappa shape index (κ2) is 4.00. The second-order valence-electron chi connectivity index (χ2n) is 2.85. The minimum absolute atomic E-state index is 0.521. The Hall–Kier alpha value is -1.18. The average molecular weight is 163 g/mol. The first-order chi connectivity index (χ1) is 5.77. The summed E-state index contributed by atoms with van der Waals surface area (Å²) in [7, 11) is 0. The molecule has 0 aliphatic carbocycles. The standard InChI is InChI=1S/C10H13NO/c1-3-4-9-5-6-10(7-12)11-8(9)2/h5-7H,3-4H2,1-2H3. The Bertz CT molecular complexity index is 281. The zero-order chi connectivity index (χ0) is 8.97. The normalized spacial score (nSPS) is 9.83. The lowest BCUT2D eigenvalue weighted by atomic mass is 10.1. The van der Waals surface area contributed by atoms with Gasteiger partial charge in [0.2, 0.25) is 0 Å². The van der Waals surface area contributed by atoms with Crippen molar-refractivity contribution in [1.82, 2.24) is 4.98 Å². The zero-order valence-corrected chi connectivity index (χ0v) is 7.50. The van der Waals surface area contributed by atoms with Crippen LogP contribution in [0.2, 0.25) is 0 Å². The monoisotopic (exact) mass is 163 g/mol. The predicted molar refractivity (Wildman–Crippen MR) is 48.4 cm³/mol. The first-order valence-corrected chi connectivity index (χ1v) is 4.19. The molecule has 0 saturated carbocycles. The highest BCUT2D eigenvalue weighted by Crippen LogP contribution is 2.07. The van der Waals surface area contributed by atoms with Crippen LogP contribution in [-0.2, 0) is 6.42 Å². The number of hydrogen-bond donors (Lipinski definition) is 0. The predicted octanol–water partition coefficient (Wildman–Crippen LogP) is 2.16. The highest BCUT2D eigenvalue weighted by Gasteiger charge is 1.99. The fourth-order valence-corrected chi connectivity index (χ4v) is 1.21. The van der Waals surface area contributed by atoms with Crippen molar-refractivity contribution in [1.29, 1.82) is 0 Å². The number of aldehydes is 1. The molecule has 0 N–H and O–H groups in total. The van der Waals surface area contributed by atoms with E-state index in [0.717, 1.165) is 24.8 Å². The number of carbonyl (C=O) groups excluding carboxylic acids is 1. The Balaban J connectivity index is 2.94. The molecule has 0 radical (unpaired) electrons. The van der Waals surface area contributed by atoms with Crippen LogP contribution in [0.1, 0.15) is 35.1 Å². The van der Waals surface area contributed by atoms with E-state index in [0.29, 0.717) is 5.69 Å². The summed E-state index contributed by atoms with van der Waals surface area (Å²) in [4.78, 5) is 14.5. The van der Waals surface area contributed by atoms with Gasteiger partial charge in [-0.1, -0.05) is 19.4 Å². The van der Waals surface area contributed by atoms with Gasteiger partial charge < -0.3 is 0 Å². The lowest BCUT2D eigenvalue weighted by Gasteiger charge is -2.02. The third kappa shape index (κ3) is 1.91. The molecule has 0 bridgehead atoms. The van der Waals surface area contributed by atoms with Gasteiger partial charge in [0.15, 0.2) is 6.29 Å². The third-order valence-electron chi connectivity index (χ3n) is 1.86. The van der Waals surface area contributed by atoms with Crippen LogP contribution in [0.15, 0.2) is 12.1 Å². The van der Waals surface area contributed by atoms with Gasteiger partial charge in [-0.15, -0.1) is 0 Å². The molecule has 1 aromatic rings. The van der Waals surface area contributed by atoms with E-state index in [9.17, 15) is 4.79 Å². The Morgan fingerprint density at radius 2 is 2.25 bits per heavy atom. The van der Waals surface area contributed by atoms with Gasteiger partial charge in [-0.25, -0.2) is 0 Å². The Labute approximate surface area is 72.6 Å². The number of aryl methyl sites for hydroxylation is 2. The molecule has 1 heterocycles. The molecule has 0 aromatic carbocycles. The van der Waals surface area contributed by atoms with Gasteiger partial charge in [-0.05, 0) is 25.0 Å². The van der Waals surface area contributed by atoms with E-state index in [1.54, 1.807) is 6.07 Å². The van der Waals surface area contributed by atoms with Crippen LogP contribution in [0.5, 0.6) is 0 Å². The van der Waals surface area contributed by atoms with Crippen molar-refractivity contribution in [3.8, 4) is 0 Å². The molecule has 0 fully saturated rings. The minimum Gasteiger partial charge on any atom is -0.296 e. The molecule has 0 aliphatic heterocycles. The molecule has 2 nitrogen and oxygen atoms in total. The van der Waals surface area contributed by atoms with Gasteiger partial charge in [0.25, 0.3) is 0 Å². The van der Waals surface area contributed by atoms with Gasteiger partial charge >= 0.3 is 0 Å². The molecule has 64 valence electrons. The van der Waals surface area contributed by atoms with Crippen LogP contribution in [0.25, 0.3) is 0 Å². The summed E-state index contributed by atoms with van der Waals surface area (Å²) in [5.41, 5.74) is 2.73. The van der Waals surface area contributed by atoms with Crippen molar-refractivity contribution in [2.24, 2.45) is 0 Å². The maximum atomic E-state index is 10.4. The van der Waals surface area contributed by atoms with E-state index >= 15 is 0 Å². The lowest BCUT2D eigenvalue weighted by molar-refractivity contribution is 0.111. The molecule has 1 rings (SSSR count). The summed E-state index contributed by atoms with van der Waals surface area (Å²) in [6, 6.07) is 3.75. The Morgan fingerprint density at radius 1 is 1.50 bits per heavy atom. The molecule has 12 heavy (non-hydrogen) atoms. The second-order valence-corrected chi connectivity index (χ2v) is 2.85. The average Bonchev–Trinajstić information content (AvgIpc) is 2.09. The summed E-state index contributed by atoms with van der Waals surface area (Å²) >= 11 is 0. The molecule has 0 amide bonds. The van der Waals surface area contributed by atoms with Crippen LogP contribution >= 0.6 is 0 Å². The topological polar surface area (TPSA) is 30.0 Å². The Morgan fingerprint density at radius 3 is 2.75 bits per heavy atom. The molecule has 0 unspecified atom stereocenters. The fraction of sp³-hybridized carbons (Fsp3) is 0.400. The summed E-state index contributed by atoms with van der Waals surface area (Å²) in [5, 5.41) is 0. The molecular formula is C10H13NO. The van der Waals surface area contributed by atoms with Crippen molar-refractivity contribution in [3.63, 3.8) is 0 Å². The smallest absolute Gasteiger partial charge is 0.168 e. The van der Waals surface area contributed by atoms with E-state index < -0.39 is 0 Å². The maximum absolute atomic E-state index is 10.4. The number of rotatable bonds is 3. The molecule has 1 aromatic heterocycles. The van der Waals surface area contributed by atoms with Crippen LogP contribution < -0.4 is 0 Å². The third-order valence-corrected chi connectivity index (χ3v) is 1.86. The number of aromatic nitrogens is 1. The van der Waals surface area contributed by atoms with E-state index in [4.69, 9.17) is 0 Å². The van der Waals surface area contributed by atoms with Gasteiger partial charge in [0.05, 0.1) is 0 Å². The SMILES string of the molecule is CCCc1ccc(C=O)nc1C. The van der Waals surface area contributed by atoms with E-state index in [1.807, 2.05) is 13.0 Å². The van der Waals surface area contributed by atoms with Gasteiger partial charge in [0.1, 0.15) is 5.69 Å². The summed E-state index contributed by atoms with van der Waals surface area (Å²) in [6.45, 7) is 4.07. The van der Waals surface area contributed by atoms with Crippen molar-refractivity contribution in [2.75, 3.05) is 0 Å². The molecule has 0 spiro atoms. The van der Waals surface area contributed by atoms with Gasteiger partial charge in [-0.2, -0.15) is 0 Å².